The van der Waals surface area contributed by atoms with Crippen molar-refractivity contribution in [3.8, 4) is 0 Å². The van der Waals surface area contributed by atoms with Crippen LogP contribution in [-0.4, -0.2) is 30.4 Å². The van der Waals surface area contributed by atoms with Gasteiger partial charge in [-0.1, -0.05) is 12.1 Å². The van der Waals surface area contributed by atoms with Gasteiger partial charge in [-0.15, -0.1) is 11.3 Å². The Morgan fingerprint density at radius 2 is 1.91 bits per heavy atom. The molecule has 4 rings (SSSR count). The zero-order valence-electron chi connectivity index (χ0n) is 12.6. The molecule has 1 saturated heterocycles. The molecule has 0 bridgehead atoms. The van der Waals surface area contributed by atoms with Crippen molar-refractivity contribution in [1.82, 2.24) is 4.90 Å². The molecule has 0 unspecified atom stereocenters. The second kappa shape index (κ2) is 5.76. The molecule has 3 heterocycles. The molecule has 0 atom stereocenters. The van der Waals surface area contributed by atoms with Gasteiger partial charge in [0, 0.05) is 31.9 Å². The Bertz CT molecular complexity index is 674. The summed E-state index contributed by atoms with van der Waals surface area (Å²) in [5, 5.41) is 1.97. The van der Waals surface area contributed by atoms with Gasteiger partial charge in [0.1, 0.15) is 0 Å². The van der Waals surface area contributed by atoms with Crippen LogP contribution in [0.3, 0.4) is 0 Å². The third kappa shape index (κ3) is 2.52. The van der Waals surface area contributed by atoms with Gasteiger partial charge in [0.25, 0.3) is 5.91 Å². The number of anilines is 1. The fraction of sp³-hybridized carbons (Fsp3) is 0.389. The third-order valence-electron chi connectivity index (χ3n) is 4.69. The zero-order chi connectivity index (χ0) is 14.9. The average molecular weight is 312 g/mol. The van der Waals surface area contributed by atoms with E-state index in [0.29, 0.717) is 0 Å². The van der Waals surface area contributed by atoms with E-state index in [1.807, 2.05) is 22.4 Å². The van der Waals surface area contributed by atoms with E-state index in [-0.39, 0.29) is 5.91 Å². The molecule has 22 heavy (non-hydrogen) atoms. The Kier molecular flexibility index (Phi) is 3.62. The molecule has 2 aromatic rings. The van der Waals surface area contributed by atoms with E-state index in [2.05, 4.69) is 23.1 Å². The molecule has 2 aliphatic rings. The minimum atomic E-state index is 0.173. The van der Waals surface area contributed by atoms with Gasteiger partial charge < -0.3 is 9.80 Å². The van der Waals surface area contributed by atoms with E-state index >= 15 is 0 Å². The van der Waals surface area contributed by atoms with Crippen LogP contribution in [0.1, 0.15) is 33.6 Å². The van der Waals surface area contributed by atoms with Crippen LogP contribution in [0.2, 0.25) is 0 Å². The maximum atomic E-state index is 12.5. The lowest BCUT2D eigenvalue weighted by atomic mass is 9.98. The van der Waals surface area contributed by atoms with Crippen LogP contribution in [0.5, 0.6) is 0 Å². The van der Waals surface area contributed by atoms with Crippen molar-refractivity contribution < 1.29 is 4.79 Å². The fourth-order valence-corrected chi connectivity index (χ4v) is 4.14. The van der Waals surface area contributed by atoms with E-state index in [9.17, 15) is 4.79 Å². The van der Waals surface area contributed by atoms with E-state index in [1.54, 1.807) is 0 Å². The molecule has 1 aromatic carbocycles. The number of fused-ring (bicyclic) bond motifs is 1. The Morgan fingerprint density at radius 1 is 1.05 bits per heavy atom. The van der Waals surface area contributed by atoms with E-state index in [1.165, 1.54) is 41.0 Å². The van der Waals surface area contributed by atoms with Gasteiger partial charge in [-0.05, 0) is 54.0 Å². The molecular formula is C18H20N2OS. The molecule has 0 saturated carbocycles. The maximum absolute atomic E-state index is 12.5. The number of hydrogen-bond acceptors (Lipinski definition) is 3. The lowest BCUT2D eigenvalue weighted by molar-refractivity contribution is 0.0739. The smallest absolute Gasteiger partial charge is 0.264 e. The number of thiophene rings is 1. The Balaban J connectivity index is 1.56. The minimum absolute atomic E-state index is 0.173. The van der Waals surface area contributed by atoms with Crippen molar-refractivity contribution in [3.05, 3.63) is 51.7 Å². The first-order valence-corrected chi connectivity index (χ1v) is 8.89. The highest BCUT2D eigenvalue weighted by atomic mass is 32.1. The van der Waals surface area contributed by atoms with E-state index in [4.69, 9.17) is 0 Å². The largest absolute Gasteiger partial charge is 0.372 e. The molecule has 0 radical (unpaired) electrons. The molecule has 0 aliphatic carbocycles. The van der Waals surface area contributed by atoms with Crippen LogP contribution in [0, 0.1) is 0 Å². The molecule has 0 N–H and O–H groups in total. The second-order valence-electron chi connectivity index (χ2n) is 6.10. The predicted molar refractivity (Wildman–Crippen MR) is 90.7 cm³/mol. The maximum Gasteiger partial charge on any atom is 0.264 e. The molecule has 1 amide bonds. The second-order valence-corrected chi connectivity index (χ2v) is 7.05. The van der Waals surface area contributed by atoms with Crippen molar-refractivity contribution in [2.45, 2.75) is 25.8 Å². The molecule has 114 valence electrons. The summed E-state index contributed by atoms with van der Waals surface area (Å²) in [4.78, 5) is 17.8. The van der Waals surface area contributed by atoms with Gasteiger partial charge in [-0.2, -0.15) is 0 Å². The Labute approximate surface area is 135 Å². The topological polar surface area (TPSA) is 23.6 Å². The molecule has 3 nitrogen and oxygen atoms in total. The summed E-state index contributed by atoms with van der Waals surface area (Å²) >= 11 is 1.53. The molecule has 1 aromatic heterocycles. The van der Waals surface area contributed by atoms with Gasteiger partial charge >= 0.3 is 0 Å². The van der Waals surface area contributed by atoms with Gasteiger partial charge in [-0.25, -0.2) is 0 Å². The Morgan fingerprint density at radius 3 is 2.68 bits per heavy atom. The number of carbonyl (C=O) groups is 1. The fourth-order valence-electron chi connectivity index (χ4n) is 3.44. The van der Waals surface area contributed by atoms with E-state index < -0.39 is 0 Å². The summed E-state index contributed by atoms with van der Waals surface area (Å²) in [5.74, 6) is 0.173. The number of amides is 1. The number of benzene rings is 1. The van der Waals surface area contributed by atoms with Crippen LogP contribution in [0.15, 0.2) is 35.7 Å². The first-order chi connectivity index (χ1) is 10.8. The normalized spacial score (nSPS) is 17.6. The summed E-state index contributed by atoms with van der Waals surface area (Å²) in [7, 11) is 0. The van der Waals surface area contributed by atoms with E-state index in [0.717, 1.165) is 37.5 Å². The summed E-state index contributed by atoms with van der Waals surface area (Å²) in [6.45, 7) is 3.90. The summed E-state index contributed by atoms with van der Waals surface area (Å²) < 4.78 is 0. The molecule has 1 fully saturated rings. The standard InChI is InChI=1S/C18H20N2OS/c21-18(17-4-3-11-22-17)20-10-7-14-5-6-16(12-15(14)13-20)19-8-1-2-9-19/h3-6,11-12H,1-2,7-10,13H2. The zero-order valence-corrected chi connectivity index (χ0v) is 13.4. The number of rotatable bonds is 2. The average Bonchev–Trinajstić information content (AvgIpc) is 3.26. The highest BCUT2D eigenvalue weighted by Crippen LogP contribution is 2.28. The SMILES string of the molecule is O=C(c1cccs1)N1CCc2ccc(N3CCCC3)cc2C1. The van der Waals surface area contributed by atoms with Crippen molar-refractivity contribution >= 4 is 22.9 Å². The van der Waals surface area contributed by atoms with Crippen LogP contribution in [0.4, 0.5) is 5.69 Å². The molecule has 4 heteroatoms. The first-order valence-electron chi connectivity index (χ1n) is 8.01. The highest BCUT2D eigenvalue weighted by Gasteiger charge is 2.23. The van der Waals surface area contributed by atoms with Gasteiger partial charge in [0.05, 0.1) is 4.88 Å². The van der Waals surface area contributed by atoms with Crippen LogP contribution in [-0.2, 0) is 13.0 Å². The van der Waals surface area contributed by atoms with Crippen LogP contribution in [0.25, 0.3) is 0 Å². The quantitative estimate of drug-likeness (QED) is 0.847. The first kappa shape index (κ1) is 13.8. The van der Waals surface area contributed by atoms with Crippen molar-refractivity contribution in [3.63, 3.8) is 0 Å². The Hall–Kier alpha value is -1.81. The van der Waals surface area contributed by atoms with Gasteiger partial charge in [0.15, 0.2) is 0 Å². The lowest BCUT2D eigenvalue weighted by Crippen LogP contribution is -2.35. The number of carbonyl (C=O) groups excluding carboxylic acids is 1. The summed E-state index contributed by atoms with van der Waals surface area (Å²) in [6, 6.07) is 10.7. The monoisotopic (exact) mass is 312 g/mol. The molecule has 2 aliphatic heterocycles. The number of nitrogens with zero attached hydrogens (tertiary/aromatic N) is 2. The molecule has 0 spiro atoms. The third-order valence-corrected chi connectivity index (χ3v) is 5.55. The molecular weight excluding hydrogens is 292 g/mol. The lowest BCUT2D eigenvalue weighted by Gasteiger charge is -2.30. The van der Waals surface area contributed by atoms with Crippen LogP contribution >= 0.6 is 11.3 Å². The number of hydrogen-bond donors (Lipinski definition) is 0. The minimum Gasteiger partial charge on any atom is -0.372 e. The summed E-state index contributed by atoms with van der Waals surface area (Å²) in [5.41, 5.74) is 4.04. The highest BCUT2D eigenvalue weighted by molar-refractivity contribution is 7.12. The van der Waals surface area contributed by atoms with Gasteiger partial charge in [0.2, 0.25) is 0 Å². The predicted octanol–water partition coefficient (Wildman–Crippen LogP) is 3.55. The van der Waals surface area contributed by atoms with Crippen molar-refractivity contribution in [1.29, 1.82) is 0 Å². The van der Waals surface area contributed by atoms with Crippen molar-refractivity contribution in [2.75, 3.05) is 24.5 Å². The van der Waals surface area contributed by atoms with Crippen LogP contribution < -0.4 is 4.90 Å². The van der Waals surface area contributed by atoms with Gasteiger partial charge in [-0.3, -0.25) is 4.79 Å². The van der Waals surface area contributed by atoms with Crippen molar-refractivity contribution in [2.24, 2.45) is 0 Å². The summed E-state index contributed by atoms with van der Waals surface area (Å²) in [6.07, 6.45) is 3.55.